The minimum atomic E-state index is -3.44. The molecule has 5 heteroatoms. The number of hydrogen-bond acceptors (Lipinski definition) is 2. The molecular weight excluding hydrogens is 294 g/mol. The van der Waals surface area contributed by atoms with Gasteiger partial charge in [0.05, 0.1) is 10.9 Å². The molecule has 0 aromatic heterocycles. The lowest BCUT2D eigenvalue weighted by Gasteiger charge is -2.22. The lowest BCUT2D eigenvalue weighted by molar-refractivity contribution is 0.395. The fraction of sp³-hybridized carbons (Fsp3) is 0.200. The van der Waals surface area contributed by atoms with E-state index in [1.165, 1.54) is 4.31 Å². The molecule has 3 rings (SSSR count). The molecule has 0 N–H and O–H groups in total. The summed E-state index contributed by atoms with van der Waals surface area (Å²) < 4.78 is 26.7. The van der Waals surface area contributed by atoms with Gasteiger partial charge in [-0.3, -0.25) is 0 Å². The molecule has 1 aliphatic heterocycles. The highest BCUT2D eigenvalue weighted by Crippen LogP contribution is 2.43. The molecule has 0 spiro atoms. The predicted molar refractivity (Wildman–Crippen MR) is 79.3 cm³/mol. The molecule has 20 heavy (non-hydrogen) atoms. The summed E-state index contributed by atoms with van der Waals surface area (Å²) in [6.45, 7) is 2.27. The van der Waals surface area contributed by atoms with E-state index in [1.54, 1.807) is 18.2 Å². The largest absolute Gasteiger partial charge is 0.244 e. The van der Waals surface area contributed by atoms with E-state index in [-0.39, 0.29) is 6.04 Å². The normalized spacial score (nSPS) is 20.8. The van der Waals surface area contributed by atoms with Gasteiger partial charge in [-0.25, -0.2) is 8.42 Å². The molecule has 0 fully saturated rings. The predicted octanol–water partition coefficient (Wildman–Crippen LogP) is 3.45. The van der Waals surface area contributed by atoms with Gasteiger partial charge in [0.15, 0.2) is 0 Å². The Balaban J connectivity index is 2.27. The monoisotopic (exact) mass is 307 g/mol. The zero-order valence-corrected chi connectivity index (χ0v) is 12.5. The van der Waals surface area contributed by atoms with Gasteiger partial charge in [0, 0.05) is 11.6 Å². The quantitative estimate of drug-likeness (QED) is 0.852. The van der Waals surface area contributed by atoms with E-state index in [4.69, 9.17) is 11.6 Å². The van der Waals surface area contributed by atoms with Gasteiger partial charge in [0.2, 0.25) is 10.0 Å². The van der Waals surface area contributed by atoms with E-state index < -0.39 is 10.0 Å². The summed E-state index contributed by atoms with van der Waals surface area (Å²) in [6, 6.07) is 14.3. The summed E-state index contributed by atoms with van der Waals surface area (Å²) in [6.07, 6.45) is 0. The first kappa shape index (κ1) is 13.6. The molecule has 0 saturated heterocycles. The van der Waals surface area contributed by atoms with Crippen LogP contribution in [-0.2, 0) is 10.0 Å². The molecule has 0 bridgehead atoms. The number of rotatable bonds is 2. The zero-order chi connectivity index (χ0) is 14.3. The minimum absolute atomic E-state index is 0.292. The fourth-order valence-electron chi connectivity index (χ4n) is 2.72. The van der Waals surface area contributed by atoms with Crippen LogP contribution in [0.4, 0.5) is 0 Å². The third kappa shape index (κ3) is 1.95. The lowest BCUT2D eigenvalue weighted by Crippen LogP contribution is -2.28. The number of halogens is 1. The molecule has 1 atom stereocenters. The first-order chi connectivity index (χ1) is 9.55. The van der Waals surface area contributed by atoms with Crippen molar-refractivity contribution < 1.29 is 8.42 Å². The first-order valence-corrected chi connectivity index (χ1v) is 8.23. The van der Waals surface area contributed by atoms with Crippen LogP contribution >= 0.6 is 11.6 Å². The molecule has 104 valence electrons. The van der Waals surface area contributed by atoms with Crippen LogP contribution in [0.25, 0.3) is 0 Å². The molecule has 0 saturated carbocycles. The Hall–Kier alpha value is -1.36. The topological polar surface area (TPSA) is 37.4 Å². The summed E-state index contributed by atoms with van der Waals surface area (Å²) in [5.41, 5.74) is 1.71. The number of sulfonamides is 1. The molecular formula is C15H14ClNO2S. The number of hydrogen-bond donors (Lipinski definition) is 0. The minimum Gasteiger partial charge on any atom is -0.207 e. The highest BCUT2D eigenvalue weighted by molar-refractivity contribution is 7.89. The Kier molecular flexibility index (Phi) is 3.32. The van der Waals surface area contributed by atoms with Gasteiger partial charge in [-0.05, 0) is 29.3 Å². The van der Waals surface area contributed by atoms with Crippen molar-refractivity contribution in [3.8, 4) is 0 Å². The van der Waals surface area contributed by atoms with E-state index in [9.17, 15) is 8.42 Å². The Bertz CT molecular complexity index is 744. The number of benzene rings is 2. The molecule has 0 radical (unpaired) electrons. The van der Waals surface area contributed by atoms with Gasteiger partial charge < -0.3 is 0 Å². The molecule has 0 amide bonds. The molecule has 0 aliphatic carbocycles. The smallest absolute Gasteiger partial charge is 0.207 e. The average molecular weight is 308 g/mol. The van der Waals surface area contributed by atoms with Gasteiger partial charge in [0.1, 0.15) is 0 Å². The molecule has 1 aliphatic rings. The van der Waals surface area contributed by atoms with Crippen molar-refractivity contribution in [3.63, 3.8) is 0 Å². The number of fused-ring (bicyclic) bond motifs is 1. The molecule has 2 aromatic carbocycles. The Morgan fingerprint density at radius 2 is 1.85 bits per heavy atom. The van der Waals surface area contributed by atoms with Gasteiger partial charge in [-0.2, -0.15) is 4.31 Å². The summed E-state index contributed by atoms with van der Waals surface area (Å²) in [4.78, 5) is 0.359. The summed E-state index contributed by atoms with van der Waals surface area (Å²) in [7, 11) is -3.44. The van der Waals surface area contributed by atoms with Gasteiger partial charge >= 0.3 is 0 Å². The van der Waals surface area contributed by atoms with Crippen molar-refractivity contribution in [3.05, 3.63) is 64.7 Å². The second-order valence-corrected chi connectivity index (χ2v) is 7.00. The van der Waals surface area contributed by atoms with Crippen LogP contribution in [0.15, 0.2) is 53.4 Å². The molecule has 1 unspecified atom stereocenters. The summed E-state index contributed by atoms with van der Waals surface area (Å²) >= 11 is 6.05. The maximum Gasteiger partial charge on any atom is 0.244 e. The van der Waals surface area contributed by atoms with Crippen molar-refractivity contribution in [2.75, 3.05) is 6.54 Å². The van der Waals surface area contributed by atoms with Gasteiger partial charge in [0.25, 0.3) is 0 Å². The lowest BCUT2D eigenvalue weighted by atomic mass is 9.99. The molecule has 1 heterocycles. The molecule has 3 nitrogen and oxygen atoms in total. The van der Waals surface area contributed by atoms with Gasteiger partial charge in [-0.1, -0.05) is 48.9 Å². The maximum absolute atomic E-state index is 12.6. The Morgan fingerprint density at radius 3 is 2.50 bits per heavy atom. The zero-order valence-electron chi connectivity index (χ0n) is 11.0. The van der Waals surface area contributed by atoms with Crippen molar-refractivity contribution in [2.24, 2.45) is 0 Å². The first-order valence-electron chi connectivity index (χ1n) is 6.42. The van der Waals surface area contributed by atoms with Crippen molar-refractivity contribution in [1.82, 2.24) is 4.31 Å². The van der Waals surface area contributed by atoms with Crippen LogP contribution in [0.1, 0.15) is 24.1 Å². The van der Waals surface area contributed by atoms with Crippen LogP contribution in [-0.4, -0.2) is 19.3 Å². The van der Waals surface area contributed by atoms with Crippen LogP contribution in [0, 0.1) is 0 Å². The highest BCUT2D eigenvalue weighted by atomic mass is 35.5. The second-order valence-electron chi connectivity index (χ2n) is 4.70. The van der Waals surface area contributed by atoms with Crippen molar-refractivity contribution >= 4 is 21.6 Å². The standard InChI is InChI=1S/C15H14ClNO2S/c1-2-17-15(11-6-4-3-5-7-11)13-10-12(16)8-9-14(13)20(17,18)19/h3-10,15H,2H2,1H3. The number of nitrogens with zero attached hydrogens (tertiary/aromatic N) is 1. The van der Waals surface area contributed by atoms with Crippen molar-refractivity contribution in [1.29, 1.82) is 0 Å². The van der Waals surface area contributed by atoms with Crippen LogP contribution in [0.5, 0.6) is 0 Å². The van der Waals surface area contributed by atoms with Crippen LogP contribution < -0.4 is 0 Å². The maximum atomic E-state index is 12.6. The average Bonchev–Trinajstić information content (AvgIpc) is 2.66. The second kappa shape index (κ2) is 4.88. The third-order valence-electron chi connectivity index (χ3n) is 3.57. The van der Waals surface area contributed by atoms with E-state index in [0.717, 1.165) is 11.1 Å². The van der Waals surface area contributed by atoms with Crippen LogP contribution in [0.2, 0.25) is 5.02 Å². The van der Waals surface area contributed by atoms with Crippen LogP contribution in [0.3, 0.4) is 0 Å². The van der Waals surface area contributed by atoms with Gasteiger partial charge in [-0.15, -0.1) is 0 Å². The molecule has 2 aromatic rings. The van der Waals surface area contributed by atoms with Crippen molar-refractivity contribution in [2.45, 2.75) is 17.9 Å². The van der Waals surface area contributed by atoms with E-state index in [0.29, 0.717) is 16.5 Å². The van der Waals surface area contributed by atoms with E-state index in [2.05, 4.69) is 0 Å². The Labute approximate surface area is 123 Å². The Morgan fingerprint density at radius 1 is 1.15 bits per heavy atom. The summed E-state index contributed by atoms with van der Waals surface area (Å²) in [5.74, 6) is 0. The summed E-state index contributed by atoms with van der Waals surface area (Å²) in [5, 5.41) is 0.554. The third-order valence-corrected chi connectivity index (χ3v) is 5.82. The fourth-order valence-corrected chi connectivity index (χ4v) is 4.72. The highest BCUT2D eigenvalue weighted by Gasteiger charge is 2.42. The van der Waals surface area contributed by atoms with E-state index in [1.807, 2.05) is 37.3 Å². The van der Waals surface area contributed by atoms with E-state index >= 15 is 0 Å². The SMILES string of the molecule is CCN1C(c2ccccc2)c2cc(Cl)ccc2S1(=O)=O.